The quantitative estimate of drug-likeness (QED) is 0.768. The molecule has 0 aromatic heterocycles. The Kier molecular flexibility index (Phi) is 2.83. The first-order valence-electron chi connectivity index (χ1n) is 6.23. The number of hydrogen-bond acceptors (Lipinski definition) is 5. The van der Waals surface area contributed by atoms with E-state index in [-0.39, 0.29) is 23.9 Å². The summed E-state index contributed by atoms with van der Waals surface area (Å²) in [4.78, 5) is 0. The fraction of sp³-hybridized carbons (Fsp3) is 0.917. The molecule has 1 spiro atoms. The highest BCUT2D eigenvalue weighted by molar-refractivity contribution is 5.04. The summed E-state index contributed by atoms with van der Waals surface area (Å²) in [6, 6.07) is 2.15. The van der Waals surface area contributed by atoms with Gasteiger partial charge in [-0.3, -0.25) is 0 Å². The van der Waals surface area contributed by atoms with E-state index in [0.29, 0.717) is 19.4 Å². The van der Waals surface area contributed by atoms with Crippen molar-refractivity contribution in [2.24, 2.45) is 0 Å². The number of ether oxygens (including phenoxy) is 3. The summed E-state index contributed by atoms with van der Waals surface area (Å²) in [5, 5.41) is 18.2. The first-order chi connectivity index (χ1) is 8.23. The van der Waals surface area contributed by atoms with Gasteiger partial charge in [0.05, 0.1) is 24.9 Å². The van der Waals surface area contributed by atoms with Crippen molar-refractivity contribution in [1.82, 2.24) is 0 Å². The van der Waals surface area contributed by atoms with Crippen LogP contribution in [0.5, 0.6) is 0 Å². The molecule has 3 aliphatic rings. The highest BCUT2D eigenvalue weighted by atomic mass is 16.7. The number of nitrogens with zero attached hydrogens (tertiary/aromatic N) is 1. The van der Waals surface area contributed by atoms with Crippen LogP contribution in [0.25, 0.3) is 0 Å². The van der Waals surface area contributed by atoms with E-state index < -0.39 is 6.29 Å². The molecule has 1 unspecified atom stereocenters. The van der Waals surface area contributed by atoms with E-state index in [1.165, 1.54) is 0 Å². The first-order valence-corrected chi connectivity index (χ1v) is 6.23. The summed E-state index contributed by atoms with van der Waals surface area (Å²) < 4.78 is 17.2. The molecule has 0 saturated carbocycles. The second-order valence-electron chi connectivity index (χ2n) is 5.15. The highest BCUT2D eigenvalue weighted by Gasteiger charge is 2.58. The van der Waals surface area contributed by atoms with Crippen molar-refractivity contribution in [2.45, 2.75) is 62.3 Å². The third kappa shape index (κ3) is 1.85. The Morgan fingerprint density at radius 1 is 1.41 bits per heavy atom. The molecule has 0 aromatic rings. The van der Waals surface area contributed by atoms with Gasteiger partial charge in [0.2, 0.25) is 0 Å². The van der Waals surface area contributed by atoms with Gasteiger partial charge in [0.1, 0.15) is 11.7 Å². The van der Waals surface area contributed by atoms with Crippen molar-refractivity contribution in [3.8, 4) is 6.07 Å². The topological polar surface area (TPSA) is 71.7 Å². The standard InChI is InChI=1S/C12H17NO4/c13-5-1-2-8-3-4-10-12(17-8)6-9(16-10)11(14)15-7-12/h8-11,14H,1-4,6-7H2/t8-,9+,10-,11?,12+/m0/s1. The van der Waals surface area contributed by atoms with E-state index >= 15 is 0 Å². The third-order valence-corrected chi connectivity index (χ3v) is 4.02. The summed E-state index contributed by atoms with van der Waals surface area (Å²) in [6.45, 7) is 0.401. The molecule has 5 heteroatoms. The van der Waals surface area contributed by atoms with E-state index in [1.807, 2.05) is 0 Å². The van der Waals surface area contributed by atoms with Gasteiger partial charge in [-0.2, -0.15) is 5.26 Å². The summed E-state index contributed by atoms with van der Waals surface area (Å²) >= 11 is 0. The van der Waals surface area contributed by atoms with Crippen molar-refractivity contribution in [3.63, 3.8) is 0 Å². The molecule has 0 radical (unpaired) electrons. The number of nitriles is 1. The fourth-order valence-corrected chi connectivity index (χ4v) is 3.15. The van der Waals surface area contributed by atoms with Gasteiger partial charge in [0.15, 0.2) is 6.29 Å². The molecular weight excluding hydrogens is 222 g/mol. The minimum Gasteiger partial charge on any atom is -0.366 e. The third-order valence-electron chi connectivity index (χ3n) is 4.02. The first kappa shape index (κ1) is 11.4. The number of fused-ring (bicyclic) bond motifs is 1. The maximum atomic E-state index is 9.60. The lowest BCUT2D eigenvalue weighted by molar-refractivity contribution is -0.222. The van der Waals surface area contributed by atoms with Crippen LogP contribution in [0.15, 0.2) is 0 Å². The van der Waals surface area contributed by atoms with Crippen LogP contribution in [-0.2, 0) is 14.2 Å². The molecule has 5 atom stereocenters. The van der Waals surface area contributed by atoms with E-state index in [4.69, 9.17) is 19.5 Å². The van der Waals surface area contributed by atoms with Gasteiger partial charge in [-0.15, -0.1) is 0 Å². The molecule has 0 amide bonds. The zero-order chi connectivity index (χ0) is 11.9. The molecule has 3 aliphatic heterocycles. The Morgan fingerprint density at radius 3 is 3.12 bits per heavy atom. The average Bonchev–Trinajstić information content (AvgIpc) is 2.66. The monoisotopic (exact) mass is 239 g/mol. The molecule has 17 heavy (non-hydrogen) atoms. The Balaban J connectivity index is 1.70. The van der Waals surface area contributed by atoms with Crippen molar-refractivity contribution >= 4 is 0 Å². The summed E-state index contributed by atoms with van der Waals surface area (Å²) in [6.07, 6.45) is 2.99. The number of aliphatic hydroxyl groups is 1. The second-order valence-corrected chi connectivity index (χ2v) is 5.15. The molecular formula is C12H17NO4. The van der Waals surface area contributed by atoms with Crippen molar-refractivity contribution < 1.29 is 19.3 Å². The predicted octanol–water partition coefficient (Wildman–Crippen LogP) is 0.714. The maximum Gasteiger partial charge on any atom is 0.181 e. The van der Waals surface area contributed by atoms with Gasteiger partial charge < -0.3 is 19.3 Å². The molecule has 94 valence electrons. The minimum absolute atomic E-state index is 0.0444. The molecule has 1 N–H and O–H groups in total. The molecule has 0 aromatic carbocycles. The summed E-state index contributed by atoms with van der Waals surface area (Å²) in [7, 11) is 0. The lowest BCUT2D eigenvalue weighted by atomic mass is 9.85. The maximum absolute atomic E-state index is 9.60. The fourth-order valence-electron chi connectivity index (χ4n) is 3.15. The highest BCUT2D eigenvalue weighted by Crippen LogP contribution is 2.46. The Morgan fingerprint density at radius 2 is 2.29 bits per heavy atom. The van der Waals surface area contributed by atoms with Gasteiger partial charge in [0, 0.05) is 12.8 Å². The lowest BCUT2D eigenvalue weighted by Gasteiger charge is -2.42. The van der Waals surface area contributed by atoms with Gasteiger partial charge in [-0.05, 0) is 19.3 Å². The zero-order valence-corrected chi connectivity index (χ0v) is 9.67. The van der Waals surface area contributed by atoms with E-state index in [0.717, 1.165) is 19.3 Å². The van der Waals surface area contributed by atoms with Crippen molar-refractivity contribution in [1.29, 1.82) is 5.26 Å². The van der Waals surface area contributed by atoms with Crippen LogP contribution in [-0.4, -0.2) is 41.9 Å². The van der Waals surface area contributed by atoms with Crippen LogP contribution in [0.2, 0.25) is 0 Å². The van der Waals surface area contributed by atoms with Crippen LogP contribution in [0, 0.1) is 11.3 Å². The molecule has 3 saturated heterocycles. The van der Waals surface area contributed by atoms with Crippen LogP contribution >= 0.6 is 0 Å². The Hall–Kier alpha value is -0.670. The summed E-state index contributed by atoms with van der Waals surface area (Å²) in [5.41, 5.74) is -0.373. The van der Waals surface area contributed by atoms with Gasteiger partial charge >= 0.3 is 0 Å². The van der Waals surface area contributed by atoms with Crippen molar-refractivity contribution in [3.05, 3.63) is 0 Å². The smallest absolute Gasteiger partial charge is 0.181 e. The van der Waals surface area contributed by atoms with Crippen LogP contribution in [0.4, 0.5) is 0 Å². The van der Waals surface area contributed by atoms with Gasteiger partial charge in [-0.1, -0.05) is 0 Å². The molecule has 3 fully saturated rings. The molecule has 3 heterocycles. The van der Waals surface area contributed by atoms with Crippen LogP contribution < -0.4 is 0 Å². The van der Waals surface area contributed by atoms with E-state index in [9.17, 15) is 5.11 Å². The van der Waals surface area contributed by atoms with Gasteiger partial charge in [0.25, 0.3) is 0 Å². The number of aliphatic hydroxyl groups excluding tert-OH is 1. The Labute approximate surface area is 100 Å². The SMILES string of the molecule is N#CCC[C@H]1CC[C@@H]2O[C@@H]3C[C@]2(COC3O)O1. The van der Waals surface area contributed by atoms with E-state index in [2.05, 4.69) is 6.07 Å². The normalized spacial score (nSPS) is 48.5. The zero-order valence-electron chi connectivity index (χ0n) is 9.67. The van der Waals surface area contributed by atoms with Crippen LogP contribution in [0.1, 0.15) is 32.1 Å². The lowest BCUT2D eigenvalue weighted by Crippen LogP contribution is -2.53. The molecule has 3 rings (SSSR count). The van der Waals surface area contributed by atoms with Crippen molar-refractivity contribution in [2.75, 3.05) is 6.61 Å². The van der Waals surface area contributed by atoms with E-state index in [1.54, 1.807) is 0 Å². The summed E-state index contributed by atoms with van der Waals surface area (Å²) in [5.74, 6) is 0. The number of rotatable bonds is 2. The van der Waals surface area contributed by atoms with Crippen LogP contribution in [0.3, 0.4) is 0 Å². The minimum atomic E-state index is -0.813. The molecule has 5 nitrogen and oxygen atoms in total. The Bertz CT molecular complexity index is 342. The number of hydrogen-bond donors (Lipinski definition) is 1. The van der Waals surface area contributed by atoms with Gasteiger partial charge in [-0.25, -0.2) is 0 Å². The second kappa shape index (κ2) is 4.21. The molecule has 0 aliphatic carbocycles. The average molecular weight is 239 g/mol. The largest absolute Gasteiger partial charge is 0.366 e. The predicted molar refractivity (Wildman–Crippen MR) is 56.9 cm³/mol. The molecule has 2 bridgehead atoms.